The number of hydrogen-bond acceptors (Lipinski definition) is 1. The van der Waals surface area contributed by atoms with Crippen LogP contribution in [0.4, 0.5) is 0 Å². The Morgan fingerprint density at radius 3 is 2.07 bits per heavy atom. The Morgan fingerprint density at radius 1 is 0.929 bits per heavy atom. The Labute approximate surface area is 90.0 Å². The summed E-state index contributed by atoms with van der Waals surface area (Å²) < 4.78 is 0. The molecule has 0 saturated carbocycles. The molecule has 0 aliphatic heterocycles. The topological polar surface area (TPSA) is 12.0 Å². The predicted molar refractivity (Wildman–Crippen MR) is 65.7 cm³/mol. The van der Waals surface area contributed by atoms with Crippen LogP contribution in [-0.4, -0.2) is 13.1 Å². The van der Waals surface area contributed by atoms with Gasteiger partial charge in [-0.2, -0.15) is 0 Å². The molecule has 0 aromatic rings. The molecule has 0 fully saturated rings. The second-order valence-corrected chi connectivity index (χ2v) is 3.91. The van der Waals surface area contributed by atoms with Crippen molar-refractivity contribution < 1.29 is 0 Å². The summed E-state index contributed by atoms with van der Waals surface area (Å²) in [5.41, 5.74) is 0. The molecule has 0 bridgehead atoms. The third-order valence-corrected chi connectivity index (χ3v) is 2.51. The van der Waals surface area contributed by atoms with E-state index >= 15 is 0 Å². The van der Waals surface area contributed by atoms with Gasteiger partial charge in [0.25, 0.3) is 0 Å². The lowest BCUT2D eigenvalue weighted by molar-refractivity contribution is 0.564. The quantitative estimate of drug-likeness (QED) is 0.391. The Kier molecular flexibility index (Phi) is 12.4. The first-order valence-electron chi connectivity index (χ1n) is 6.23. The maximum atomic E-state index is 3.73. The molecule has 0 radical (unpaired) electrons. The van der Waals surface area contributed by atoms with Crippen molar-refractivity contribution in [2.45, 2.75) is 58.3 Å². The van der Waals surface area contributed by atoms with Gasteiger partial charge in [-0.05, 0) is 32.4 Å². The smallest absolute Gasteiger partial charge is 0.00490 e. The van der Waals surface area contributed by atoms with E-state index in [1.807, 2.05) is 6.08 Å². The Balaban J connectivity index is 2.81. The van der Waals surface area contributed by atoms with Crippen molar-refractivity contribution in [1.82, 2.24) is 5.32 Å². The summed E-state index contributed by atoms with van der Waals surface area (Å²) in [5, 5.41) is 3.36. The molecule has 1 heteroatoms. The van der Waals surface area contributed by atoms with Crippen molar-refractivity contribution in [1.29, 1.82) is 0 Å². The Bertz CT molecular complexity index is 110. The van der Waals surface area contributed by atoms with Crippen LogP contribution in [0.15, 0.2) is 12.7 Å². The summed E-state index contributed by atoms with van der Waals surface area (Å²) in [6.07, 6.45) is 12.9. The van der Waals surface area contributed by atoms with Gasteiger partial charge in [-0.1, -0.05) is 45.1 Å². The van der Waals surface area contributed by atoms with Crippen LogP contribution in [0.3, 0.4) is 0 Å². The van der Waals surface area contributed by atoms with Gasteiger partial charge in [0.2, 0.25) is 0 Å². The molecule has 0 spiro atoms. The van der Waals surface area contributed by atoms with Gasteiger partial charge in [-0.25, -0.2) is 0 Å². The van der Waals surface area contributed by atoms with Crippen LogP contribution in [0.2, 0.25) is 0 Å². The van der Waals surface area contributed by atoms with Crippen molar-refractivity contribution in [3.05, 3.63) is 12.7 Å². The molecule has 0 aliphatic rings. The summed E-state index contributed by atoms with van der Waals surface area (Å²) >= 11 is 0. The van der Waals surface area contributed by atoms with E-state index < -0.39 is 0 Å². The minimum Gasteiger partial charge on any atom is -0.317 e. The lowest BCUT2D eigenvalue weighted by Crippen LogP contribution is -2.13. The van der Waals surface area contributed by atoms with E-state index in [-0.39, 0.29) is 0 Å². The Hall–Kier alpha value is -0.300. The zero-order chi connectivity index (χ0) is 10.5. The van der Waals surface area contributed by atoms with Gasteiger partial charge in [-0.15, -0.1) is 6.58 Å². The second-order valence-electron chi connectivity index (χ2n) is 3.91. The van der Waals surface area contributed by atoms with E-state index in [1.54, 1.807) is 0 Å². The van der Waals surface area contributed by atoms with Crippen LogP contribution in [-0.2, 0) is 0 Å². The number of unbranched alkanes of at least 4 members (excludes halogenated alkanes) is 7. The van der Waals surface area contributed by atoms with Crippen molar-refractivity contribution in [3.8, 4) is 0 Å². The summed E-state index contributed by atoms with van der Waals surface area (Å²) in [6, 6.07) is 0. The lowest BCUT2D eigenvalue weighted by Gasteiger charge is -2.02. The molecule has 0 amide bonds. The highest BCUT2D eigenvalue weighted by atomic mass is 14.8. The lowest BCUT2D eigenvalue weighted by atomic mass is 10.1. The molecular weight excluding hydrogens is 170 g/mol. The summed E-state index contributed by atoms with van der Waals surface area (Å²) in [5.74, 6) is 0. The van der Waals surface area contributed by atoms with Gasteiger partial charge in [0.05, 0.1) is 0 Å². The largest absolute Gasteiger partial charge is 0.317 e. The van der Waals surface area contributed by atoms with Crippen LogP contribution >= 0.6 is 0 Å². The van der Waals surface area contributed by atoms with E-state index in [1.165, 1.54) is 57.9 Å². The average molecular weight is 197 g/mol. The summed E-state index contributed by atoms with van der Waals surface area (Å²) in [4.78, 5) is 0. The highest BCUT2D eigenvalue weighted by Gasteiger charge is 1.90. The SMILES string of the molecule is C=CCCCCCCCCCNCC. The number of nitrogens with one attached hydrogen (secondary N) is 1. The van der Waals surface area contributed by atoms with Crippen molar-refractivity contribution in [2.24, 2.45) is 0 Å². The summed E-state index contributed by atoms with van der Waals surface area (Å²) in [7, 11) is 0. The molecule has 0 saturated heterocycles. The molecule has 0 unspecified atom stereocenters. The third-order valence-electron chi connectivity index (χ3n) is 2.51. The molecule has 0 aromatic carbocycles. The van der Waals surface area contributed by atoms with Gasteiger partial charge < -0.3 is 5.32 Å². The molecule has 84 valence electrons. The first-order chi connectivity index (χ1) is 6.91. The molecule has 0 heterocycles. The fourth-order valence-corrected chi connectivity index (χ4v) is 1.60. The number of allylic oxidation sites excluding steroid dienone is 1. The van der Waals surface area contributed by atoms with E-state index in [4.69, 9.17) is 0 Å². The fourth-order valence-electron chi connectivity index (χ4n) is 1.60. The highest BCUT2D eigenvalue weighted by molar-refractivity contribution is 4.65. The van der Waals surface area contributed by atoms with Gasteiger partial charge >= 0.3 is 0 Å². The summed E-state index contributed by atoms with van der Waals surface area (Å²) in [6.45, 7) is 8.21. The minimum atomic E-state index is 1.11. The van der Waals surface area contributed by atoms with Crippen LogP contribution < -0.4 is 5.32 Å². The third kappa shape index (κ3) is 11.7. The zero-order valence-corrected chi connectivity index (χ0v) is 9.86. The molecule has 0 atom stereocenters. The maximum absolute atomic E-state index is 3.73. The monoisotopic (exact) mass is 197 g/mol. The molecule has 1 N–H and O–H groups in total. The van der Waals surface area contributed by atoms with Gasteiger partial charge in [0.1, 0.15) is 0 Å². The standard InChI is InChI=1S/C13H27N/c1-3-5-6-7-8-9-10-11-12-13-14-4-2/h3,14H,1,4-13H2,2H3. The highest BCUT2D eigenvalue weighted by Crippen LogP contribution is 2.08. The van der Waals surface area contributed by atoms with Crippen LogP contribution in [0.5, 0.6) is 0 Å². The normalized spacial score (nSPS) is 10.4. The molecule has 0 rings (SSSR count). The second kappa shape index (κ2) is 12.7. The molecule has 1 nitrogen and oxygen atoms in total. The van der Waals surface area contributed by atoms with Gasteiger partial charge in [0, 0.05) is 0 Å². The fraction of sp³-hybridized carbons (Fsp3) is 0.846. The maximum Gasteiger partial charge on any atom is -0.00490 e. The first-order valence-corrected chi connectivity index (χ1v) is 6.23. The van der Waals surface area contributed by atoms with E-state index in [0.29, 0.717) is 0 Å². The predicted octanol–water partition coefficient (Wildman–Crippen LogP) is 3.90. The van der Waals surface area contributed by atoms with Crippen molar-refractivity contribution in [3.63, 3.8) is 0 Å². The zero-order valence-electron chi connectivity index (χ0n) is 9.86. The van der Waals surface area contributed by atoms with Crippen molar-refractivity contribution >= 4 is 0 Å². The molecule has 0 aromatic heterocycles. The Morgan fingerprint density at radius 2 is 1.50 bits per heavy atom. The number of rotatable bonds is 11. The molecule has 14 heavy (non-hydrogen) atoms. The van der Waals surface area contributed by atoms with Gasteiger partial charge in [0.15, 0.2) is 0 Å². The van der Waals surface area contributed by atoms with Crippen LogP contribution in [0, 0.1) is 0 Å². The average Bonchev–Trinajstić information content (AvgIpc) is 2.21. The molecule has 0 aliphatic carbocycles. The van der Waals surface area contributed by atoms with Crippen LogP contribution in [0.25, 0.3) is 0 Å². The first kappa shape index (κ1) is 13.7. The van der Waals surface area contributed by atoms with E-state index in [2.05, 4.69) is 18.8 Å². The molecular formula is C13H27N. The minimum absolute atomic E-state index is 1.11. The van der Waals surface area contributed by atoms with Gasteiger partial charge in [-0.3, -0.25) is 0 Å². The van der Waals surface area contributed by atoms with E-state index in [9.17, 15) is 0 Å². The van der Waals surface area contributed by atoms with Crippen molar-refractivity contribution in [2.75, 3.05) is 13.1 Å². The van der Waals surface area contributed by atoms with E-state index in [0.717, 1.165) is 6.54 Å². The number of hydrogen-bond donors (Lipinski definition) is 1. The van der Waals surface area contributed by atoms with Crippen LogP contribution in [0.1, 0.15) is 58.3 Å².